The van der Waals surface area contributed by atoms with Gasteiger partial charge in [0.15, 0.2) is 0 Å². The molecule has 0 saturated carbocycles. The third-order valence-electron chi connectivity index (χ3n) is 3.80. The van der Waals surface area contributed by atoms with Gasteiger partial charge in [-0.1, -0.05) is 6.92 Å². The highest BCUT2D eigenvalue weighted by atomic mass is 15.3. The zero-order chi connectivity index (χ0) is 13.1. The van der Waals surface area contributed by atoms with Crippen molar-refractivity contribution >= 4 is 11.5 Å². The van der Waals surface area contributed by atoms with Gasteiger partial charge in [-0.05, 0) is 38.9 Å². The molecule has 1 saturated heterocycles. The maximum Gasteiger partial charge on any atom is 0.130 e. The molecular weight excluding hydrogens is 224 g/mol. The maximum atomic E-state index is 6.00. The van der Waals surface area contributed by atoms with E-state index in [0.29, 0.717) is 6.04 Å². The van der Waals surface area contributed by atoms with E-state index in [1.165, 1.54) is 6.42 Å². The van der Waals surface area contributed by atoms with Gasteiger partial charge in [0.05, 0.1) is 0 Å². The molecule has 1 aromatic rings. The van der Waals surface area contributed by atoms with Gasteiger partial charge in [0.25, 0.3) is 0 Å². The fraction of sp³-hybridized carbons (Fsp3) is 0.643. The van der Waals surface area contributed by atoms with Gasteiger partial charge < -0.3 is 15.5 Å². The number of aryl methyl sites for hydroxylation is 1. The van der Waals surface area contributed by atoms with Gasteiger partial charge in [-0.15, -0.1) is 0 Å². The molecule has 1 unspecified atom stereocenters. The Morgan fingerprint density at radius 1 is 1.44 bits per heavy atom. The number of rotatable bonds is 2. The number of aromatic nitrogens is 1. The van der Waals surface area contributed by atoms with Crippen LogP contribution in [0.15, 0.2) is 12.3 Å². The quantitative estimate of drug-likeness (QED) is 0.868. The normalized spacial score (nSPS) is 21.9. The van der Waals surface area contributed by atoms with Crippen LogP contribution < -0.4 is 10.6 Å². The maximum absolute atomic E-state index is 6.00. The molecule has 0 aliphatic carbocycles. The standard InChI is InChI=1S/C14H24N4/c1-4-12-10-17(3)6-5-7-18(12)14-8-13(15)11(2)9-16-14/h8-9,12H,4-7,10H2,1-3H3,(H2,15,16). The second kappa shape index (κ2) is 5.57. The monoisotopic (exact) mass is 248 g/mol. The van der Waals surface area contributed by atoms with Crippen LogP contribution in [-0.2, 0) is 0 Å². The van der Waals surface area contributed by atoms with Crippen molar-refractivity contribution in [1.29, 1.82) is 0 Å². The van der Waals surface area contributed by atoms with Gasteiger partial charge in [-0.25, -0.2) is 4.98 Å². The molecular formula is C14H24N4. The van der Waals surface area contributed by atoms with Crippen LogP contribution in [-0.4, -0.2) is 42.6 Å². The smallest absolute Gasteiger partial charge is 0.130 e. The lowest BCUT2D eigenvalue weighted by molar-refractivity contribution is 0.327. The average molecular weight is 248 g/mol. The zero-order valence-electron chi connectivity index (χ0n) is 11.7. The lowest BCUT2D eigenvalue weighted by Crippen LogP contribution is -2.40. The highest BCUT2D eigenvalue weighted by Gasteiger charge is 2.23. The molecule has 2 heterocycles. The fourth-order valence-electron chi connectivity index (χ4n) is 2.58. The lowest BCUT2D eigenvalue weighted by atomic mass is 10.1. The topological polar surface area (TPSA) is 45.4 Å². The zero-order valence-corrected chi connectivity index (χ0v) is 11.7. The van der Waals surface area contributed by atoms with Crippen molar-refractivity contribution in [2.24, 2.45) is 0 Å². The lowest BCUT2D eigenvalue weighted by Gasteiger charge is -2.31. The molecule has 4 heteroatoms. The van der Waals surface area contributed by atoms with Crippen LogP contribution in [0.4, 0.5) is 11.5 Å². The van der Waals surface area contributed by atoms with E-state index in [0.717, 1.165) is 43.1 Å². The van der Waals surface area contributed by atoms with E-state index in [-0.39, 0.29) is 0 Å². The largest absolute Gasteiger partial charge is 0.398 e. The van der Waals surface area contributed by atoms with Crippen molar-refractivity contribution in [3.8, 4) is 0 Å². The molecule has 18 heavy (non-hydrogen) atoms. The van der Waals surface area contributed by atoms with E-state index < -0.39 is 0 Å². The average Bonchev–Trinajstić information content (AvgIpc) is 2.54. The molecule has 1 aliphatic rings. The van der Waals surface area contributed by atoms with E-state index in [4.69, 9.17) is 5.73 Å². The van der Waals surface area contributed by atoms with Crippen molar-refractivity contribution in [1.82, 2.24) is 9.88 Å². The van der Waals surface area contributed by atoms with Gasteiger partial charge in [0.2, 0.25) is 0 Å². The Morgan fingerprint density at radius 2 is 2.22 bits per heavy atom. The van der Waals surface area contributed by atoms with E-state index in [9.17, 15) is 0 Å². The molecule has 2 N–H and O–H groups in total. The minimum absolute atomic E-state index is 0.534. The molecule has 2 rings (SSSR count). The van der Waals surface area contributed by atoms with Crippen molar-refractivity contribution < 1.29 is 0 Å². The molecule has 1 aliphatic heterocycles. The Kier molecular flexibility index (Phi) is 4.07. The first-order valence-corrected chi connectivity index (χ1v) is 6.79. The van der Waals surface area contributed by atoms with E-state index in [1.54, 1.807) is 0 Å². The highest BCUT2D eigenvalue weighted by Crippen LogP contribution is 2.23. The summed E-state index contributed by atoms with van der Waals surface area (Å²) in [7, 11) is 2.20. The van der Waals surface area contributed by atoms with Crippen LogP contribution in [0.3, 0.4) is 0 Å². The predicted octanol–water partition coefficient (Wildman–Crippen LogP) is 1.89. The van der Waals surface area contributed by atoms with Crippen LogP contribution >= 0.6 is 0 Å². The Bertz CT molecular complexity index is 405. The molecule has 0 spiro atoms. The second-order valence-electron chi connectivity index (χ2n) is 5.27. The summed E-state index contributed by atoms with van der Waals surface area (Å²) in [6, 6.07) is 2.55. The minimum Gasteiger partial charge on any atom is -0.398 e. The molecule has 4 nitrogen and oxygen atoms in total. The first kappa shape index (κ1) is 13.1. The van der Waals surface area contributed by atoms with E-state index in [2.05, 4.69) is 28.8 Å². The van der Waals surface area contributed by atoms with Crippen LogP contribution in [0.1, 0.15) is 25.3 Å². The molecule has 0 bridgehead atoms. The van der Waals surface area contributed by atoms with Gasteiger partial charge in [-0.2, -0.15) is 0 Å². The number of nitrogen functional groups attached to an aromatic ring is 1. The number of nitrogens with two attached hydrogens (primary N) is 1. The molecule has 1 aromatic heterocycles. The summed E-state index contributed by atoms with van der Waals surface area (Å²) in [5.41, 5.74) is 7.90. The van der Waals surface area contributed by atoms with Crippen molar-refractivity contribution in [3.63, 3.8) is 0 Å². The first-order chi connectivity index (χ1) is 8.61. The van der Waals surface area contributed by atoms with Crippen LogP contribution in [0.25, 0.3) is 0 Å². The number of anilines is 2. The first-order valence-electron chi connectivity index (χ1n) is 6.79. The summed E-state index contributed by atoms with van der Waals surface area (Å²) >= 11 is 0. The predicted molar refractivity (Wildman–Crippen MR) is 76.9 cm³/mol. The van der Waals surface area contributed by atoms with Gasteiger partial charge in [-0.3, -0.25) is 0 Å². The molecule has 1 fully saturated rings. The van der Waals surface area contributed by atoms with Crippen LogP contribution in [0.2, 0.25) is 0 Å². The Hall–Kier alpha value is -1.29. The number of likely N-dealkylation sites (N-methyl/N-ethyl adjacent to an activating group) is 1. The van der Waals surface area contributed by atoms with Crippen LogP contribution in [0.5, 0.6) is 0 Å². The third-order valence-corrected chi connectivity index (χ3v) is 3.80. The Balaban J connectivity index is 2.25. The van der Waals surface area contributed by atoms with Crippen molar-refractivity contribution in [2.75, 3.05) is 37.3 Å². The summed E-state index contributed by atoms with van der Waals surface area (Å²) in [5.74, 6) is 1.03. The third kappa shape index (κ3) is 2.75. The summed E-state index contributed by atoms with van der Waals surface area (Å²) in [6.45, 7) is 7.58. The Morgan fingerprint density at radius 3 is 2.89 bits per heavy atom. The molecule has 0 amide bonds. The number of pyridine rings is 1. The minimum atomic E-state index is 0.534. The fourth-order valence-corrected chi connectivity index (χ4v) is 2.58. The van der Waals surface area contributed by atoms with Gasteiger partial charge in [0, 0.05) is 37.1 Å². The highest BCUT2D eigenvalue weighted by molar-refractivity contribution is 5.55. The SMILES string of the molecule is CCC1CN(C)CCCN1c1cc(N)c(C)cn1. The summed E-state index contributed by atoms with van der Waals surface area (Å²) in [4.78, 5) is 9.38. The Labute approximate surface area is 110 Å². The summed E-state index contributed by atoms with van der Waals surface area (Å²) in [6.07, 6.45) is 4.20. The number of nitrogens with zero attached hydrogens (tertiary/aromatic N) is 3. The van der Waals surface area contributed by atoms with E-state index in [1.807, 2.05) is 19.2 Å². The van der Waals surface area contributed by atoms with E-state index >= 15 is 0 Å². The summed E-state index contributed by atoms with van der Waals surface area (Å²) < 4.78 is 0. The van der Waals surface area contributed by atoms with Gasteiger partial charge in [0.1, 0.15) is 5.82 Å². The van der Waals surface area contributed by atoms with Crippen molar-refractivity contribution in [3.05, 3.63) is 17.8 Å². The van der Waals surface area contributed by atoms with Crippen molar-refractivity contribution in [2.45, 2.75) is 32.7 Å². The molecule has 0 aromatic carbocycles. The molecule has 0 radical (unpaired) electrons. The number of hydrogen-bond donors (Lipinski definition) is 1. The number of hydrogen-bond acceptors (Lipinski definition) is 4. The second-order valence-corrected chi connectivity index (χ2v) is 5.27. The molecule has 1 atom stereocenters. The van der Waals surface area contributed by atoms with Gasteiger partial charge >= 0.3 is 0 Å². The molecule has 100 valence electrons. The summed E-state index contributed by atoms with van der Waals surface area (Å²) in [5, 5.41) is 0. The van der Waals surface area contributed by atoms with Crippen LogP contribution in [0, 0.1) is 6.92 Å².